The van der Waals surface area contributed by atoms with Gasteiger partial charge in [-0.05, 0) is 24.5 Å². The quantitative estimate of drug-likeness (QED) is 0.897. The molecule has 0 bridgehead atoms. The molecule has 0 saturated heterocycles. The van der Waals surface area contributed by atoms with Gasteiger partial charge in [0.1, 0.15) is 0 Å². The second-order valence-electron chi connectivity index (χ2n) is 5.04. The molecule has 4 heteroatoms. The molecular formula is C15H19N3S. The van der Waals surface area contributed by atoms with Crippen LogP contribution in [-0.2, 0) is 19.5 Å². The second kappa shape index (κ2) is 5.82. The van der Waals surface area contributed by atoms with Gasteiger partial charge in [0.2, 0.25) is 0 Å². The molecule has 0 aliphatic carbocycles. The van der Waals surface area contributed by atoms with Gasteiger partial charge >= 0.3 is 0 Å². The van der Waals surface area contributed by atoms with Crippen LogP contribution in [0.1, 0.15) is 21.8 Å². The minimum Gasteiger partial charge on any atom is -0.310 e. The van der Waals surface area contributed by atoms with Crippen molar-refractivity contribution in [2.45, 2.75) is 32.5 Å². The number of benzene rings is 1. The molecule has 3 nitrogen and oxygen atoms in total. The lowest BCUT2D eigenvalue weighted by atomic mass is 9.96. The molecule has 0 radical (unpaired) electrons. The topological polar surface area (TPSA) is 37.0 Å². The van der Waals surface area contributed by atoms with Gasteiger partial charge in [-0.25, -0.2) is 4.98 Å². The van der Waals surface area contributed by atoms with Gasteiger partial charge in [0, 0.05) is 31.1 Å². The molecule has 1 unspecified atom stereocenters. The number of fused-ring (bicyclic) bond motifs is 1. The molecule has 1 aliphatic heterocycles. The van der Waals surface area contributed by atoms with Crippen LogP contribution in [0.2, 0.25) is 0 Å². The Morgan fingerprint density at radius 3 is 3.00 bits per heavy atom. The summed E-state index contributed by atoms with van der Waals surface area (Å²) in [5.41, 5.74) is 4.07. The van der Waals surface area contributed by atoms with Crippen molar-refractivity contribution in [3.05, 3.63) is 51.5 Å². The largest absolute Gasteiger partial charge is 0.310 e. The van der Waals surface area contributed by atoms with Crippen LogP contribution >= 0.6 is 11.3 Å². The van der Waals surface area contributed by atoms with Gasteiger partial charge in [-0.2, -0.15) is 0 Å². The number of nitrogens with one attached hydrogen (secondary N) is 2. The number of hydrogen-bond acceptors (Lipinski definition) is 4. The highest BCUT2D eigenvalue weighted by atomic mass is 32.1. The van der Waals surface area contributed by atoms with E-state index in [0.29, 0.717) is 6.04 Å². The molecule has 0 fully saturated rings. The fourth-order valence-electron chi connectivity index (χ4n) is 2.53. The van der Waals surface area contributed by atoms with Crippen molar-refractivity contribution < 1.29 is 0 Å². The lowest BCUT2D eigenvalue weighted by Crippen LogP contribution is -2.42. The van der Waals surface area contributed by atoms with E-state index in [9.17, 15) is 0 Å². The smallest absolute Gasteiger partial charge is 0.0897 e. The summed E-state index contributed by atoms with van der Waals surface area (Å²) < 4.78 is 0. The third-order valence-corrected chi connectivity index (χ3v) is 4.35. The number of aryl methyl sites for hydroxylation is 1. The average molecular weight is 273 g/mol. The second-order valence-corrected chi connectivity index (χ2v) is 6.10. The van der Waals surface area contributed by atoms with E-state index >= 15 is 0 Å². The first-order chi connectivity index (χ1) is 9.31. The average Bonchev–Trinajstić information content (AvgIpc) is 2.84. The molecule has 100 valence electrons. The van der Waals surface area contributed by atoms with Crippen LogP contribution in [0.25, 0.3) is 0 Å². The van der Waals surface area contributed by atoms with Crippen LogP contribution in [0.15, 0.2) is 29.6 Å². The van der Waals surface area contributed by atoms with Crippen LogP contribution in [0.5, 0.6) is 0 Å². The molecule has 2 N–H and O–H groups in total. The predicted octanol–water partition coefficient (Wildman–Crippen LogP) is 2.26. The summed E-state index contributed by atoms with van der Waals surface area (Å²) in [5, 5.41) is 10.4. The lowest BCUT2D eigenvalue weighted by Gasteiger charge is -2.26. The van der Waals surface area contributed by atoms with Crippen LogP contribution < -0.4 is 10.6 Å². The maximum Gasteiger partial charge on any atom is 0.0897 e. The summed E-state index contributed by atoms with van der Waals surface area (Å²) in [6.07, 6.45) is 1.11. The van der Waals surface area contributed by atoms with Crippen molar-refractivity contribution in [1.29, 1.82) is 0 Å². The minimum atomic E-state index is 0.523. The van der Waals surface area contributed by atoms with Crippen LogP contribution in [0.3, 0.4) is 0 Å². The molecule has 0 spiro atoms. The van der Waals surface area contributed by atoms with Crippen LogP contribution in [0, 0.1) is 6.92 Å². The number of nitrogens with zero attached hydrogens (tertiary/aromatic N) is 1. The van der Waals surface area contributed by atoms with E-state index in [1.54, 1.807) is 11.3 Å². The van der Waals surface area contributed by atoms with E-state index in [4.69, 9.17) is 0 Å². The van der Waals surface area contributed by atoms with Gasteiger partial charge in [0.15, 0.2) is 0 Å². The van der Waals surface area contributed by atoms with E-state index in [-0.39, 0.29) is 0 Å². The highest BCUT2D eigenvalue weighted by molar-refractivity contribution is 7.09. The third-order valence-electron chi connectivity index (χ3n) is 3.53. The maximum atomic E-state index is 4.46. The Bertz CT molecular complexity index is 550. The normalized spacial score (nSPS) is 18.3. The van der Waals surface area contributed by atoms with Crippen molar-refractivity contribution in [3.8, 4) is 0 Å². The number of rotatable bonds is 4. The zero-order valence-electron chi connectivity index (χ0n) is 11.1. The van der Waals surface area contributed by atoms with Crippen molar-refractivity contribution in [3.63, 3.8) is 0 Å². The SMILES string of the molecule is Cc1nc(CNCC2Cc3ccccc3CN2)cs1. The summed E-state index contributed by atoms with van der Waals surface area (Å²) in [5.74, 6) is 0. The third kappa shape index (κ3) is 3.21. The zero-order chi connectivity index (χ0) is 13.1. The Kier molecular flexibility index (Phi) is 3.92. The van der Waals surface area contributed by atoms with Gasteiger partial charge in [0.25, 0.3) is 0 Å². The van der Waals surface area contributed by atoms with Gasteiger partial charge in [-0.3, -0.25) is 0 Å². The monoisotopic (exact) mass is 273 g/mol. The number of thiazole rings is 1. The van der Waals surface area contributed by atoms with Crippen LogP contribution in [0.4, 0.5) is 0 Å². The summed E-state index contributed by atoms with van der Waals surface area (Å²) >= 11 is 1.71. The molecule has 3 rings (SSSR count). The summed E-state index contributed by atoms with van der Waals surface area (Å²) in [6, 6.07) is 9.22. The van der Waals surface area contributed by atoms with Gasteiger partial charge in [-0.15, -0.1) is 11.3 Å². The first kappa shape index (κ1) is 12.8. The molecule has 0 amide bonds. The van der Waals surface area contributed by atoms with Crippen molar-refractivity contribution in [2.24, 2.45) is 0 Å². The fourth-order valence-corrected chi connectivity index (χ4v) is 3.14. The van der Waals surface area contributed by atoms with Crippen molar-refractivity contribution >= 4 is 11.3 Å². The highest BCUT2D eigenvalue weighted by Crippen LogP contribution is 2.16. The van der Waals surface area contributed by atoms with Crippen molar-refractivity contribution in [1.82, 2.24) is 15.6 Å². The molecule has 1 atom stereocenters. The number of hydrogen-bond donors (Lipinski definition) is 2. The maximum absolute atomic E-state index is 4.46. The van der Waals surface area contributed by atoms with E-state index in [0.717, 1.165) is 36.8 Å². The molecule has 1 aromatic heterocycles. The Morgan fingerprint density at radius 1 is 1.37 bits per heavy atom. The van der Waals surface area contributed by atoms with Gasteiger partial charge < -0.3 is 10.6 Å². The van der Waals surface area contributed by atoms with E-state index in [1.807, 2.05) is 6.92 Å². The Hall–Kier alpha value is -1.23. The molecular weight excluding hydrogens is 254 g/mol. The summed E-state index contributed by atoms with van der Waals surface area (Å²) in [6.45, 7) is 4.89. The highest BCUT2D eigenvalue weighted by Gasteiger charge is 2.16. The Morgan fingerprint density at radius 2 is 2.21 bits per heavy atom. The fraction of sp³-hybridized carbons (Fsp3) is 0.400. The molecule has 2 aromatic rings. The molecule has 0 saturated carbocycles. The Balaban J connectivity index is 1.50. The van der Waals surface area contributed by atoms with Gasteiger partial charge in [-0.1, -0.05) is 24.3 Å². The van der Waals surface area contributed by atoms with E-state index in [1.165, 1.54) is 11.1 Å². The van der Waals surface area contributed by atoms with Gasteiger partial charge in [0.05, 0.1) is 10.7 Å². The first-order valence-corrected chi connectivity index (χ1v) is 7.61. The minimum absolute atomic E-state index is 0.523. The summed E-state index contributed by atoms with van der Waals surface area (Å²) in [7, 11) is 0. The van der Waals surface area contributed by atoms with E-state index in [2.05, 4.69) is 45.3 Å². The molecule has 1 aliphatic rings. The molecule has 19 heavy (non-hydrogen) atoms. The zero-order valence-corrected chi connectivity index (χ0v) is 12.0. The lowest BCUT2D eigenvalue weighted by molar-refractivity contribution is 0.446. The first-order valence-electron chi connectivity index (χ1n) is 6.73. The molecule has 1 aromatic carbocycles. The number of aromatic nitrogens is 1. The molecule has 2 heterocycles. The van der Waals surface area contributed by atoms with Crippen molar-refractivity contribution in [2.75, 3.05) is 6.54 Å². The summed E-state index contributed by atoms with van der Waals surface area (Å²) in [4.78, 5) is 4.46. The van der Waals surface area contributed by atoms with E-state index < -0.39 is 0 Å². The standard InChI is InChI=1S/C15H19N3S/c1-11-18-15(10-19-11)9-16-8-14-6-12-4-2-3-5-13(12)7-17-14/h2-5,10,14,16-17H,6-9H2,1H3. The Labute approximate surface area is 118 Å². The van der Waals surface area contributed by atoms with Crippen LogP contribution in [-0.4, -0.2) is 17.6 Å². The predicted molar refractivity (Wildman–Crippen MR) is 79.3 cm³/mol.